The zero-order chi connectivity index (χ0) is 14.8. The fourth-order valence-corrected chi connectivity index (χ4v) is 2.41. The lowest BCUT2D eigenvalue weighted by molar-refractivity contribution is -0.143. The Morgan fingerprint density at radius 2 is 2.05 bits per heavy atom. The summed E-state index contributed by atoms with van der Waals surface area (Å²) in [4.78, 5) is 25.7. The van der Waals surface area contributed by atoms with Gasteiger partial charge in [0.1, 0.15) is 5.76 Å². The third kappa shape index (κ3) is 2.79. The van der Waals surface area contributed by atoms with Crippen LogP contribution in [0.25, 0.3) is 0 Å². The molecule has 0 spiro atoms. The summed E-state index contributed by atoms with van der Waals surface area (Å²) in [5, 5.41) is 6.09. The maximum Gasteiger partial charge on any atom is 0.315 e. The van der Waals surface area contributed by atoms with E-state index in [0.717, 1.165) is 12.0 Å². The van der Waals surface area contributed by atoms with Gasteiger partial charge in [-0.05, 0) is 24.5 Å². The van der Waals surface area contributed by atoms with Crippen molar-refractivity contribution in [2.75, 3.05) is 11.9 Å². The summed E-state index contributed by atoms with van der Waals surface area (Å²) in [6.07, 6.45) is 0.762. The Morgan fingerprint density at radius 1 is 1.29 bits per heavy atom. The average Bonchev–Trinajstić information content (AvgIpc) is 2.91. The third-order valence-electron chi connectivity index (χ3n) is 3.48. The van der Waals surface area contributed by atoms with Crippen molar-refractivity contribution in [3.05, 3.63) is 47.2 Å². The van der Waals surface area contributed by atoms with Crippen molar-refractivity contribution >= 4 is 17.6 Å². The fraction of sp³-hybridized carbons (Fsp3) is 0.267. The van der Waals surface area contributed by atoms with Gasteiger partial charge < -0.3 is 9.42 Å². The van der Waals surface area contributed by atoms with Gasteiger partial charge in [-0.15, -0.1) is 0 Å². The molecule has 1 aromatic heterocycles. The summed E-state index contributed by atoms with van der Waals surface area (Å²) in [6, 6.07) is 9.51. The van der Waals surface area contributed by atoms with Crippen LogP contribution in [0.1, 0.15) is 16.9 Å². The second-order valence-corrected chi connectivity index (χ2v) is 5.02. The van der Waals surface area contributed by atoms with Crippen molar-refractivity contribution in [1.29, 1.82) is 0 Å². The van der Waals surface area contributed by atoms with Gasteiger partial charge in [-0.2, -0.15) is 0 Å². The van der Waals surface area contributed by atoms with Gasteiger partial charge in [0.25, 0.3) is 0 Å². The van der Waals surface area contributed by atoms with E-state index in [1.165, 1.54) is 5.56 Å². The predicted molar refractivity (Wildman–Crippen MR) is 75.4 cm³/mol. The highest BCUT2D eigenvalue weighted by atomic mass is 16.5. The lowest BCUT2D eigenvalue weighted by atomic mass is 10.00. The minimum atomic E-state index is -0.692. The lowest BCUT2D eigenvalue weighted by Crippen LogP contribution is -2.42. The maximum absolute atomic E-state index is 12.2. The van der Waals surface area contributed by atoms with Gasteiger partial charge in [0.15, 0.2) is 5.82 Å². The molecule has 0 unspecified atom stereocenters. The van der Waals surface area contributed by atoms with E-state index in [9.17, 15) is 9.59 Å². The normalized spacial score (nSPS) is 13.7. The molecule has 0 bridgehead atoms. The second-order valence-electron chi connectivity index (χ2n) is 5.02. The number of hydrogen-bond donors (Lipinski definition) is 1. The average molecular weight is 285 g/mol. The molecule has 2 heterocycles. The molecule has 6 nitrogen and oxygen atoms in total. The number of carbonyl (C=O) groups excluding carboxylic acids is 2. The molecule has 0 aliphatic carbocycles. The number of nitrogens with one attached hydrogen (secondary N) is 1. The first-order valence-electron chi connectivity index (χ1n) is 6.74. The molecule has 0 fully saturated rings. The predicted octanol–water partition coefficient (Wildman–Crippen LogP) is 1.51. The van der Waals surface area contributed by atoms with Gasteiger partial charge in [0.05, 0.1) is 0 Å². The number of anilines is 1. The van der Waals surface area contributed by atoms with Gasteiger partial charge >= 0.3 is 11.8 Å². The van der Waals surface area contributed by atoms with Gasteiger partial charge in [-0.1, -0.05) is 29.4 Å². The van der Waals surface area contributed by atoms with Crippen LogP contribution in [-0.4, -0.2) is 28.4 Å². The highest BCUT2D eigenvalue weighted by molar-refractivity contribution is 6.39. The number of carbonyl (C=O) groups is 2. The Morgan fingerprint density at radius 3 is 2.76 bits per heavy atom. The SMILES string of the molecule is Cc1cc(NC(=O)C(=O)N2CCc3ccccc3C2)no1. The third-order valence-corrected chi connectivity index (χ3v) is 3.48. The second kappa shape index (κ2) is 5.40. The number of rotatable bonds is 1. The minimum absolute atomic E-state index is 0.253. The Kier molecular flexibility index (Phi) is 3.43. The first kappa shape index (κ1) is 13.4. The Hall–Kier alpha value is -2.63. The molecule has 0 saturated heterocycles. The van der Waals surface area contributed by atoms with Gasteiger partial charge in [0.2, 0.25) is 0 Å². The molecule has 2 amide bonds. The van der Waals surface area contributed by atoms with Crippen LogP contribution in [0.3, 0.4) is 0 Å². The van der Waals surface area contributed by atoms with Crippen molar-refractivity contribution in [2.24, 2.45) is 0 Å². The molecule has 0 atom stereocenters. The lowest BCUT2D eigenvalue weighted by Gasteiger charge is -2.28. The number of hydrogen-bond acceptors (Lipinski definition) is 4. The number of nitrogens with zero attached hydrogens (tertiary/aromatic N) is 2. The van der Waals surface area contributed by atoms with Crippen LogP contribution in [-0.2, 0) is 22.6 Å². The number of aromatic nitrogens is 1. The zero-order valence-corrected chi connectivity index (χ0v) is 11.6. The van der Waals surface area contributed by atoms with Crippen LogP contribution in [0.5, 0.6) is 0 Å². The van der Waals surface area contributed by atoms with Crippen LogP contribution in [0, 0.1) is 6.92 Å². The molecule has 2 aromatic rings. The number of aryl methyl sites for hydroxylation is 1. The summed E-state index contributed by atoms with van der Waals surface area (Å²) in [6.45, 7) is 2.72. The largest absolute Gasteiger partial charge is 0.360 e. The van der Waals surface area contributed by atoms with E-state index in [0.29, 0.717) is 18.8 Å². The van der Waals surface area contributed by atoms with Gasteiger partial charge in [-0.3, -0.25) is 14.9 Å². The number of amides is 2. The van der Waals surface area contributed by atoms with E-state index < -0.39 is 11.8 Å². The molecule has 1 aliphatic heterocycles. The standard InChI is InChI=1S/C15H15N3O3/c1-10-8-13(17-21-10)16-14(19)15(20)18-7-6-11-4-2-3-5-12(11)9-18/h2-5,8H,6-7,9H2,1H3,(H,16,17,19). The topological polar surface area (TPSA) is 75.4 Å². The maximum atomic E-state index is 12.2. The van der Waals surface area contributed by atoms with E-state index in [1.54, 1.807) is 17.9 Å². The quantitative estimate of drug-likeness (QED) is 0.806. The number of benzene rings is 1. The van der Waals surface area contributed by atoms with Crippen LogP contribution < -0.4 is 5.32 Å². The van der Waals surface area contributed by atoms with Crippen LogP contribution in [0.4, 0.5) is 5.82 Å². The van der Waals surface area contributed by atoms with Crippen LogP contribution >= 0.6 is 0 Å². The molecule has 6 heteroatoms. The molecule has 1 N–H and O–H groups in total. The molecule has 1 aliphatic rings. The molecular formula is C15H15N3O3. The van der Waals surface area contributed by atoms with E-state index in [2.05, 4.69) is 16.5 Å². The smallest absolute Gasteiger partial charge is 0.315 e. The van der Waals surface area contributed by atoms with Gasteiger partial charge in [0, 0.05) is 19.2 Å². The Bertz CT molecular complexity index is 693. The molecule has 0 saturated carbocycles. The highest BCUT2D eigenvalue weighted by Crippen LogP contribution is 2.18. The Labute approximate surface area is 121 Å². The van der Waals surface area contributed by atoms with E-state index in [-0.39, 0.29) is 5.82 Å². The summed E-state index contributed by atoms with van der Waals surface area (Å²) < 4.78 is 4.85. The molecule has 1 aromatic carbocycles. The molecule has 0 radical (unpaired) electrons. The summed E-state index contributed by atoms with van der Waals surface area (Å²) in [5.41, 5.74) is 2.32. The Balaban J connectivity index is 1.67. The van der Waals surface area contributed by atoms with E-state index in [1.807, 2.05) is 18.2 Å². The van der Waals surface area contributed by atoms with Crippen molar-refractivity contribution < 1.29 is 14.1 Å². The van der Waals surface area contributed by atoms with Crippen molar-refractivity contribution in [3.8, 4) is 0 Å². The van der Waals surface area contributed by atoms with Crippen LogP contribution in [0.2, 0.25) is 0 Å². The van der Waals surface area contributed by atoms with Crippen LogP contribution in [0.15, 0.2) is 34.9 Å². The molecule has 21 heavy (non-hydrogen) atoms. The van der Waals surface area contributed by atoms with Crippen molar-refractivity contribution in [1.82, 2.24) is 10.1 Å². The van der Waals surface area contributed by atoms with Crippen molar-refractivity contribution in [2.45, 2.75) is 19.9 Å². The molecular weight excluding hydrogens is 270 g/mol. The molecule has 108 valence electrons. The summed E-state index contributed by atoms with van der Waals surface area (Å²) in [7, 11) is 0. The monoisotopic (exact) mass is 285 g/mol. The fourth-order valence-electron chi connectivity index (χ4n) is 2.41. The van der Waals surface area contributed by atoms with Crippen molar-refractivity contribution in [3.63, 3.8) is 0 Å². The highest BCUT2D eigenvalue weighted by Gasteiger charge is 2.26. The summed E-state index contributed by atoms with van der Waals surface area (Å²) >= 11 is 0. The first-order chi connectivity index (χ1) is 10.1. The minimum Gasteiger partial charge on any atom is -0.360 e. The molecule has 3 rings (SSSR count). The van der Waals surface area contributed by atoms with E-state index in [4.69, 9.17) is 4.52 Å². The van der Waals surface area contributed by atoms with E-state index >= 15 is 0 Å². The zero-order valence-electron chi connectivity index (χ0n) is 11.6. The number of fused-ring (bicyclic) bond motifs is 1. The van der Waals surface area contributed by atoms with Gasteiger partial charge in [-0.25, -0.2) is 0 Å². The summed E-state index contributed by atoms with van der Waals surface area (Å²) in [5.74, 6) is -0.416. The first-order valence-corrected chi connectivity index (χ1v) is 6.74.